The van der Waals surface area contributed by atoms with E-state index in [-0.39, 0.29) is 4.90 Å². The fraction of sp³-hybridized carbons (Fsp3) is 0.278. The zero-order valence-corrected chi connectivity index (χ0v) is 16.0. The van der Waals surface area contributed by atoms with Crippen molar-refractivity contribution in [2.45, 2.75) is 31.3 Å². The molecule has 142 valence electrons. The Balaban J connectivity index is 2.01. The lowest BCUT2D eigenvalue weighted by Crippen LogP contribution is -2.39. The normalized spacial score (nSPS) is 12.1. The van der Waals surface area contributed by atoms with Crippen molar-refractivity contribution in [2.75, 3.05) is 10.8 Å². The molecule has 0 saturated heterocycles. The molecule has 0 bridgehead atoms. The van der Waals surface area contributed by atoms with Gasteiger partial charge in [-0.05, 0) is 45.0 Å². The SMILES string of the molecule is CC(C)(C)OC(=O)CN(c1ccccc1)S(=O)(=O)c1ccc2nncn2c1. The van der Waals surface area contributed by atoms with Crippen LogP contribution in [0.4, 0.5) is 5.69 Å². The van der Waals surface area contributed by atoms with Crippen molar-refractivity contribution in [3.63, 3.8) is 0 Å². The number of sulfonamides is 1. The number of rotatable bonds is 5. The maximum atomic E-state index is 13.3. The van der Waals surface area contributed by atoms with Crippen LogP contribution in [-0.2, 0) is 19.6 Å². The average Bonchev–Trinajstić information content (AvgIpc) is 3.06. The van der Waals surface area contributed by atoms with Gasteiger partial charge in [0, 0.05) is 6.20 Å². The van der Waals surface area contributed by atoms with E-state index in [1.807, 2.05) is 0 Å². The van der Waals surface area contributed by atoms with Crippen LogP contribution in [0.5, 0.6) is 0 Å². The lowest BCUT2D eigenvalue weighted by atomic mass is 10.2. The van der Waals surface area contributed by atoms with Gasteiger partial charge in [-0.25, -0.2) is 8.42 Å². The Kier molecular flexibility index (Phi) is 4.88. The van der Waals surface area contributed by atoms with Gasteiger partial charge >= 0.3 is 5.97 Å². The first-order valence-corrected chi connectivity index (χ1v) is 9.70. The summed E-state index contributed by atoms with van der Waals surface area (Å²) in [6.45, 7) is 4.74. The highest BCUT2D eigenvalue weighted by Gasteiger charge is 2.29. The number of benzene rings is 1. The molecule has 0 radical (unpaired) electrons. The highest BCUT2D eigenvalue weighted by atomic mass is 32.2. The van der Waals surface area contributed by atoms with Gasteiger partial charge in [-0.2, -0.15) is 0 Å². The van der Waals surface area contributed by atoms with Gasteiger partial charge in [0.25, 0.3) is 10.0 Å². The maximum absolute atomic E-state index is 13.3. The first kappa shape index (κ1) is 18.8. The van der Waals surface area contributed by atoms with Gasteiger partial charge in [0.1, 0.15) is 23.4 Å². The van der Waals surface area contributed by atoms with E-state index in [9.17, 15) is 13.2 Å². The Morgan fingerprint density at radius 1 is 1.15 bits per heavy atom. The molecule has 0 fully saturated rings. The lowest BCUT2D eigenvalue weighted by Gasteiger charge is -2.26. The highest BCUT2D eigenvalue weighted by molar-refractivity contribution is 7.92. The van der Waals surface area contributed by atoms with Crippen molar-refractivity contribution in [3.8, 4) is 0 Å². The third-order valence-corrected chi connectivity index (χ3v) is 5.35. The smallest absolute Gasteiger partial charge is 0.327 e. The predicted octanol–water partition coefficient (Wildman–Crippen LogP) is 2.27. The molecule has 0 N–H and O–H groups in total. The summed E-state index contributed by atoms with van der Waals surface area (Å²) in [6, 6.07) is 11.4. The van der Waals surface area contributed by atoms with Crippen molar-refractivity contribution in [1.29, 1.82) is 0 Å². The number of ether oxygens (including phenoxy) is 1. The van der Waals surface area contributed by atoms with Crippen molar-refractivity contribution >= 4 is 27.3 Å². The van der Waals surface area contributed by atoms with Gasteiger partial charge in [0.15, 0.2) is 5.65 Å². The molecule has 3 rings (SSSR count). The van der Waals surface area contributed by atoms with Gasteiger partial charge in [-0.1, -0.05) is 18.2 Å². The molecule has 9 heteroatoms. The molecular formula is C18H20N4O4S. The van der Waals surface area contributed by atoms with E-state index in [2.05, 4.69) is 10.2 Å². The molecule has 0 atom stereocenters. The summed E-state index contributed by atoms with van der Waals surface area (Å²) < 4.78 is 34.4. The van der Waals surface area contributed by atoms with Crippen molar-refractivity contribution in [2.24, 2.45) is 0 Å². The van der Waals surface area contributed by atoms with Gasteiger partial charge in [-0.3, -0.25) is 13.5 Å². The number of carbonyl (C=O) groups is 1. The third kappa shape index (κ3) is 4.25. The van der Waals surface area contributed by atoms with E-state index in [1.165, 1.54) is 23.0 Å². The molecule has 3 aromatic rings. The van der Waals surface area contributed by atoms with E-state index in [4.69, 9.17) is 4.74 Å². The second-order valence-electron chi connectivity index (χ2n) is 6.89. The fourth-order valence-corrected chi connectivity index (χ4v) is 3.90. The summed E-state index contributed by atoms with van der Waals surface area (Å²) in [5.41, 5.74) is 0.171. The van der Waals surface area contributed by atoms with Crippen LogP contribution in [-0.4, -0.2) is 41.1 Å². The molecule has 1 aromatic carbocycles. The standard InChI is InChI=1S/C18H20N4O4S/c1-18(2,3)26-17(23)12-22(14-7-5-4-6-8-14)27(24,25)15-9-10-16-20-19-13-21(16)11-15/h4-11,13H,12H2,1-3H3. The minimum Gasteiger partial charge on any atom is -0.459 e. The van der Waals surface area contributed by atoms with E-state index < -0.39 is 28.1 Å². The zero-order valence-electron chi connectivity index (χ0n) is 15.2. The number of hydrogen-bond donors (Lipinski definition) is 0. The average molecular weight is 388 g/mol. The highest BCUT2D eigenvalue weighted by Crippen LogP contribution is 2.24. The Bertz CT molecular complexity index is 1060. The quantitative estimate of drug-likeness (QED) is 0.623. The topological polar surface area (TPSA) is 93.9 Å². The number of hydrogen-bond acceptors (Lipinski definition) is 6. The molecule has 0 spiro atoms. The van der Waals surface area contributed by atoms with E-state index in [0.717, 1.165) is 4.31 Å². The van der Waals surface area contributed by atoms with E-state index >= 15 is 0 Å². The molecule has 8 nitrogen and oxygen atoms in total. The number of para-hydroxylation sites is 1. The Hall–Kier alpha value is -2.94. The second kappa shape index (κ2) is 6.99. The van der Waals surface area contributed by atoms with Gasteiger partial charge < -0.3 is 4.74 Å². The molecule has 2 heterocycles. The zero-order chi connectivity index (χ0) is 19.7. The number of nitrogens with zero attached hydrogens (tertiary/aromatic N) is 4. The largest absolute Gasteiger partial charge is 0.459 e. The Labute approximate surface area is 157 Å². The Morgan fingerprint density at radius 3 is 2.52 bits per heavy atom. The van der Waals surface area contributed by atoms with Gasteiger partial charge in [-0.15, -0.1) is 10.2 Å². The minimum absolute atomic E-state index is 0.0159. The van der Waals surface area contributed by atoms with Crippen LogP contribution in [0.1, 0.15) is 20.8 Å². The summed E-state index contributed by atoms with van der Waals surface area (Å²) in [7, 11) is -4.02. The second-order valence-corrected chi connectivity index (χ2v) is 8.76. The number of esters is 1. The predicted molar refractivity (Wildman–Crippen MR) is 99.8 cm³/mol. The molecular weight excluding hydrogens is 368 g/mol. The first-order valence-electron chi connectivity index (χ1n) is 8.26. The minimum atomic E-state index is -4.02. The summed E-state index contributed by atoms with van der Waals surface area (Å²) >= 11 is 0. The van der Waals surface area contributed by atoms with Crippen LogP contribution in [0.2, 0.25) is 0 Å². The van der Waals surface area contributed by atoms with Crippen LogP contribution in [0.25, 0.3) is 5.65 Å². The van der Waals surface area contributed by atoms with Gasteiger partial charge in [0.05, 0.1) is 5.69 Å². The summed E-state index contributed by atoms with van der Waals surface area (Å²) in [4.78, 5) is 12.4. The number of fused-ring (bicyclic) bond motifs is 1. The molecule has 0 aliphatic heterocycles. The number of aromatic nitrogens is 3. The first-order chi connectivity index (χ1) is 12.7. The van der Waals surface area contributed by atoms with Crippen LogP contribution >= 0.6 is 0 Å². The van der Waals surface area contributed by atoms with Crippen LogP contribution in [0.15, 0.2) is 59.9 Å². The molecule has 2 aromatic heterocycles. The molecule has 0 aliphatic carbocycles. The lowest BCUT2D eigenvalue weighted by molar-refractivity contribution is -0.152. The molecule has 27 heavy (non-hydrogen) atoms. The van der Waals surface area contributed by atoms with Crippen molar-refractivity contribution in [1.82, 2.24) is 14.6 Å². The van der Waals surface area contributed by atoms with E-state index in [1.54, 1.807) is 57.2 Å². The summed E-state index contributed by atoms with van der Waals surface area (Å²) in [6.07, 6.45) is 2.82. The number of carbonyl (C=O) groups excluding carboxylic acids is 1. The van der Waals surface area contributed by atoms with Crippen molar-refractivity contribution < 1.29 is 17.9 Å². The number of anilines is 1. The third-order valence-electron chi connectivity index (χ3n) is 3.59. The Morgan fingerprint density at radius 2 is 1.85 bits per heavy atom. The fourth-order valence-electron chi connectivity index (χ4n) is 2.49. The van der Waals surface area contributed by atoms with Crippen LogP contribution in [0.3, 0.4) is 0 Å². The summed E-state index contributed by atoms with van der Waals surface area (Å²) in [5, 5.41) is 7.61. The molecule has 0 amide bonds. The van der Waals surface area contributed by atoms with E-state index in [0.29, 0.717) is 11.3 Å². The van der Waals surface area contributed by atoms with Crippen LogP contribution < -0.4 is 4.31 Å². The molecule has 0 saturated carbocycles. The van der Waals surface area contributed by atoms with Crippen LogP contribution in [0, 0.1) is 0 Å². The number of pyridine rings is 1. The molecule has 0 unspecified atom stereocenters. The van der Waals surface area contributed by atoms with Gasteiger partial charge in [0.2, 0.25) is 0 Å². The maximum Gasteiger partial charge on any atom is 0.327 e. The summed E-state index contributed by atoms with van der Waals surface area (Å²) in [5.74, 6) is -0.639. The molecule has 0 aliphatic rings. The monoisotopic (exact) mass is 388 g/mol. The van der Waals surface area contributed by atoms with Crippen molar-refractivity contribution in [3.05, 3.63) is 55.0 Å².